The van der Waals surface area contributed by atoms with E-state index < -0.39 is 16.0 Å². The first kappa shape index (κ1) is 16.8. The van der Waals surface area contributed by atoms with Crippen molar-refractivity contribution in [1.82, 2.24) is 0 Å². The number of hydrogen-bond donors (Lipinski definition) is 1. The molecule has 2 aromatic rings. The van der Waals surface area contributed by atoms with Crippen molar-refractivity contribution in [3.63, 3.8) is 0 Å². The summed E-state index contributed by atoms with van der Waals surface area (Å²) in [6, 6.07) is 13.5. The number of benzene rings is 2. The molecule has 0 fully saturated rings. The zero-order valence-electron chi connectivity index (χ0n) is 12.8. The van der Waals surface area contributed by atoms with Gasteiger partial charge in [-0.2, -0.15) is 0 Å². The van der Waals surface area contributed by atoms with Crippen molar-refractivity contribution in [2.24, 2.45) is 0 Å². The first-order valence-corrected chi connectivity index (χ1v) is 8.40. The molecule has 1 N–H and O–H groups in total. The number of hydrogen-bond acceptors (Lipinski definition) is 4. The zero-order chi connectivity index (χ0) is 16.9. The van der Waals surface area contributed by atoms with Gasteiger partial charge in [0, 0.05) is 5.69 Å². The van der Waals surface area contributed by atoms with Crippen molar-refractivity contribution in [2.45, 2.75) is 6.92 Å². The molecule has 0 unspecified atom stereocenters. The number of esters is 1. The second-order valence-electron chi connectivity index (χ2n) is 4.93. The van der Waals surface area contributed by atoms with E-state index in [1.807, 2.05) is 31.2 Å². The number of sulfonamides is 1. The molecule has 0 atom stereocenters. The standard InChI is InChI=1S/C17H17NO4S/c1-13-3-5-14(6-4-13)11-12-23(20,21)18-16-9-7-15(8-10-16)17(19)22-2/h3-12,18H,1-2H3/b12-11+. The Morgan fingerprint density at radius 1 is 1.04 bits per heavy atom. The number of carbonyl (C=O) groups is 1. The van der Waals surface area contributed by atoms with E-state index in [-0.39, 0.29) is 0 Å². The molecule has 0 saturated carbocycles. The molecule has 0 aliphatic carbocycles. The summed E-state index contributed by atoms with van der Waals surface area (Å²) in [7, 11) is -2.34. The van der Waals surface area contributed by atoms with Crippen LogP contribution in [0.4, 0.5) is 5.69 Å². The van der Waals surface area contributed by atoms with Crippen LogP contribution in [0.5, 0.6) is 0 Å². The molecule has 2 aromatic carbocycles. The Labute approximate surface area is 135 Å². The Kier molecular flexibility index (Phi) is 5.18. The van der Waals surface area contributed by atoms with Crippen molar-refractivity contribution in [3.8, 4) is 0 Å². The normalized spacial score (nSPS) is 11.4. The van der Waals surface area contributed by atoms with Crippen LogP contribution in [0.3, 0.4) is 0 Å². The fraction of sp³-hybridized carbons (Fsp3) is 0.118. The van der Waals surface area contributed by atoms with Gasteiger partial charge < -0.3 is 4.74 Å². The minimum atomic E-state index is -3.63. The molecular weight excluding hydrogens is 314 g/mol. The van der Waals surface area contributed by atoms with Crippen molar-refractivity contribution in [1.29, 1.82) is 0 Å². The molecule has 6 heteroatoms. The van der Waals surface area contributed by atoms with Gasteiger partial charge in [-0.25, -0.2) is 13.2 Å². The summed E-state index contributed by atoms with van der Waals surface area (Å²) in [6.07, 6.45) is 1.52. The number of carbonyl (C=O) groups excluding carboxylic acids is 1. The first-order chi connectivity index (χ1) is 10.9. The SMILES string of the molecule is COC(=O)c1ccc(NS(=O)(=O)/C=C/c2ccc(C)cc2)cc1. The van der Waals surface area contributed by atoms with Gasteiger partial charge in [0.2, 0.25) is 0 Å². The minimum absolute atomic E-state index is 0.352. The highest BCUT2D eigenvalue weighted by atomic mass is 32.2. The van der Waals surface area contributed by atoms with Crippen LogP contribution in [-0.4, -0.2) is 21.5 Å². The smallest absolute Gasteiger partial charge is 0.337 e. The molecule has 5 nitrogen and oxygen atoms in total. The summed E-state index contributed by atoms with van der Waals surface area (Å²) in [5.74, 6) is -0.473. The molecule has 0 bridgehead atoms. The van der Waals surface area contributed by atoms with Crippen LogP contribution < -0.4 is 4.72 Å². The van der Waals surface area contributed by atoms with Crippen molar-refractivity contribution < 1.29 is 17.9 Å². The van der Waals surface area contributed by atoms with Crippen LogP contribution in [0.2, 0.25) is 0 Å². The van der Waals surface area contributed by atoms with Crippen molar-refractivity contribution >= 4 is 27.8 Å². The number of anilines is 1. The predicted octanol–water partition coefficient (Wildman–Crippen LogP) is 3.19. The van der Waals surface area contributed by atoms with Crippen molar-refractivity contribution in [2.75, 3.05) is 11.8 Å². The fourth-order valence-corrected chi connectivity index (χ4v) is 2.71. The van der Waals surface area contributed by atoms with Gasteiger partial charge in [-0.05, 0) is 42.8 Å². The third-order valence-electron chi connectivity index (χ3n) is 3.08. The van der Waals surface area contributed by atoms with Crippen LogP contribution in [0, 0.1) is 6.92 Å². The molecule has 0 aromatic heterocycles. The largest absolute Gasteiger partial charge is 0.465 e. The van der Waals surface area contributed by atoms with Gasteiger partial charge in [0.25, 0.3) is 10.0 Å². The molecule has 0 aliphatic heterocycles. The molecule has 0 saturated heterocycles. The summed E-state index contributed by atoms with van der Waals surface area (Å²) in [5, 5.41) is 1.10. The van der Waals surface area contributed by atoms with Crippen LogP contribution >= 0.6 is 0 Å². The van der Waals surface area contributed by atoms with E-state index in [1.54, 1.807) is 0 Å². The van der Waals surface area contributed by atoms with Crippen LogP contribution in [0.25, 0.3) is 6.08 Å². The van der Waals surface area contributed by atoms with E-state index in [2.05, 4.69) is 9.46 Å². The molecule has 0 heterocycles. The number of aryl methyl sites for hydroxylation is 1. The van der Waals surface area contributed by atoms with Gasteiger partial charge in [0.1, 0.15) is 0 Å². The number of ether oxygens (including phenoxy) is 1. The quantitative estimate of drug-likeness (QED) is 0.854. The lowest BCUT2D eigenvalue weighted by atomic mass is 10.2. The number of methoxy groups -OCH3 is 1. The van der Waals surface area contributed by atoms with Gasteiger partial charge in [0.15, 0.2) is 0 Å². The molecule has 2 rings (SSSR count). The van der Waals surface area contributed by atoms with Gasteiger partial charge in [0.05, 0.1) is 18.1 Å². The second-order valence-corrected chi connectivity index (χ2v) is 6.50. The van der Waals surface area contributed by atoms with E-state index >= 15 is 0 Å². The lowest BCUT2D eigenvalue weighted by Crippen LogP contribution is -2.09. The Bertz CT molecular complexity index is 807. The molecule has 23 heavy (non-hydrogen) atoms. The maximum absolute atomic E-state index is 12.0. The topological polar surface area (TPSA) is 72.5 Å². The lowest BCUT2D eigenvalue weighted by Gasteiger charge is -2.05. The lowest BCUT2D eigenvalue weighted by molar-refractivity contribution is 0.0601. The van der Waals surface area contributed by atoms with Crippen LogP contribution in [0.1, 0.15) is 21.5 Å². The Hall–Kier alpha value is -2.60. The highest BCUT2D eigenvalue weighted by Gasteiger charge is 2.08. The maximum atomic E-state index is 12.0. The van der Waals surface area contributed by atoms with Gasteiger partial charge >= 0.3 is 5.97 Å². The fourth-order valence-electron chi connectivity index (χ4n) is 1.84. The summed E-state index contributed by atoms with van der Waals surface area (Å²) >= 11 is 0. The average molecular weight is 331 g/mol. The molecular formula is C17H17NO4S. The van der Waals surface area contributed by atoms with Gasteiger partial charge in [-0.15, -0.1) is 0 Å². The Morgan fingerprint density at radius 3 is 2.22 bits per heavy atom. The highest BCUT2D eigenvalue weighted by molar-refractivity contribution is 7.95. The van der Waals surface area contributed by atoms with E-state index in [9.17, 15) is 13.2 Å². The van der Waals surface area contributed by atoms with Gasteiger partial charge in [-0.3, -0.25) is 4.72 Å². The van der Waals surface area contributed by atoms with Crippen LogP contribution in [-0.2, 0) is 14.8 Å². The van der Waals surface area contributed by atoms with Crippen LogP contribution in [0.15, 0.2) is 53.9 Å². The molecule has 0 aliphatic rings. The van der Waals surface area contributed by atoms with E-state index in [4.69, 9.17) is 0 Å². The predicted molar refractivity (Wildman–Crippen MR) is 90.5 cm³/mol. The summed E-state index contributed by atoms with van der Waals surface area (Å²) in [6.45, 7) is 1.96. The van der Waals surface area contributed by atoms with E-state index in [0.29, 0.717) is 11.3 Å². The third-order valence-corrected chi connectivity index (χ3v) is 4.10. The van der Waals surface area contributed by atoms with E-state index in [0.717, 1.165) is 16.5 Å². The first-order valence-electron chi connectivity index (χ1n) is 6.85. The second kappa shape index (κ2) is 7.11. The average Bonchev–Trinajstić information content (AvgIpc) is 2.54. The Morgan fingerprint density at radius 2 is 1.65 bits per heavy atom. The number of rotatable bonds is 5. The minimum Gasteiger partial charge on any atom is -0.465 e. The summed E-state index contributed by atoms with van der Waals surface area (Å²) in [5.41, 5.74) is 2.62. The monoisotopic (exact) mass is 331 g/mol. The summed E-state index contributed by atoms with van der Waals surface area (Å²) in [4.78, 5) is 11.3. The third kappa shape index (κ3) is 4.96. The highest BCUT2D eigenvalue weighted by Crippen LogP contribution is 2.13. The van der Waals surface area contributed by atoms with E-state index in [1.165, 1.54) is 37.5 Å². The zero-order valence-corrected chi connectivity index (χ0v) is 13.6. The molecule has 0 spiro atoms. The Balaban J connectivity index is 2.08. The molecule has 120 valence electrons. The maximum Gasteiger partial charge on any atom is 0.337 e. The van der Waals surface area contributed by atoms with Gasteiger partial charge in [-0.1, -0.05) is 29.8 Å². The molecule has 0 radical (unpaired) electrons. The van der Waals surface area contributed by atoms with Crippen molar-refractivity contribution in [3.05, 3.63) is 70.6 Å². The summed E-state index contributed by atoms with van der Waals surface area (Å²) < 4.78 is 31.1. The molecule has 0 amide bonds. The number of nitrogens with one attached hydrogen (secondary N) is 1.